The lowest BCUT2D eigenvalue weighted by Crippen LogP contribution is -2.09. The Balaban J connectivity index is 0.878. The van der Waals surface area contributed by atoms with Crippen LogP contribution in [0.1, 0.15) is 0 Å². The quantitative estimate of drug-likeness (QED) is 0.140. The second-order valence-corrected chi connectivity index (χ2v) is 18.0. The molecular weight excluding hydrogens is 815 g/mol. The van der Waals surface area contributed by atoms with E-state index >= 15 is 0 Å². The van der Waals surface area contributed by atoms with Gasteiger partial charge in [0.15, 0.2) is 0 Å². The highest BCUT2D eigenvalue weighted by Gasteiger charge is 2.17. The van der Waals surface area contributed by atoms with E-state index < -0.39 is 0 Å². The zero-order chi connectivity index (χ0) is 43.8. The highest BCUT2D eigenvalue weighted by atomic mass is 32.1. The summed E-state index contributed by atoms with van der Waals surface area (Å²) in [5.74, 6) is 0. The van der Waals surface area contributed by atoms with E-state index in [1.165, 1.54) is 97.7 Å². The summed E-state index contributed by atoms with van der Waals surface area (Å²) in [4.78, 5) is 2.39. The molecule has 0 spiro atoms. The van der Waals surface area contributed by atoms with Gasteiger partial charge >= 0.3 is 0 Å². The van der Waals surface area contributed by atoms with Crippen LogP contribution in [0.15, 0.2) is 261 Å². The fraction of sp³-hybridized carbons (Fsp3) is 0. The normalized spacial score (nSPS) is 11.3. The number of thiophene rings is 1. The van der Waals surface area contributed by atoms with Crippen molar-refractivity contribution in [2.75, 3.05) is 4.90 Å². The number of fused-ring (bicyclic) bond motifs is 4. The van der Waals surface area contributed by atoms with Crippen LogP contribution in [0.5, 0.6) is 0 Å². The molecule has 0 unspecified atom stereocenters. The number of hydrogen-bond acceptors (Lipinski definition) is 2. The first-order valence-electron chi connectivity index (χ1n) is 22.5. The Bertz CT molecular complexity index is 3610. The summed E-state index contributed by atoms with van der Waals surface area (Å²) in [6.45, 7) is 0. The minimum Gasteiger partial charge on any atom is -0.310 e. The second-order valence-electron chi connectivity index (χ2n) is 17.0. The van der Waals surface area contributed by atoms with Gasteiger partial charge in [-0.1, -0.05) is 188 Å². The Morgan fingerprint density at radius 1 is 0.212 bits per heavy atom. The molecule has 0 radical (unpaired) electrons. The van der Waals surface area contributed by atoms with Crippen molar-refractivity contribution in [1.82, 2.24) is 0 Å². The van der Waals surface area contributed by atoms with Crippen LogP contribution in [0.4, 0.5) is 17.1 Å². The van der Waals surface area contributed by atoms with Crippen molar-refractivity contribution < 1.29 is 0 Å². The van der Waals surface area contributed by atoms with Gasteiger partial charge in [-0.05, 0) is 150 Å². The van der Waals surface area contributed by atoms with Gasteiger partial charge in [-0.15, -0.1) is 11.3 Å². The first-order valence-corrected chi connectivity index (χ1v) is 23.4. The summed E-state index contributed by atoms with van der Waals surface area (Å²) < 4.78 is 2.59. The summed E-state index contributed by atoms with van der Waals surface area (Å²) in [5.41, 5.74) is 17.7. The Labute approximate surface area is 389 Å². The highest BCUT2D eigenvalue weighted by molar-refractivity contribution is 7.25. The van der Waals surface area contributed by atoms with Crippen molar-refractivity contribution in [3.8, 4) is 66.8 Å². The number of benzene rings is 11. The van der Waals surface area contributed by atoms with Gasteiger partial charge in [0.2, 0.25) is 0 Å². The lowest BCUT2D eigenvalue weighted by Gasteiger charge is -2.26. The van der Waals surface area contributed by atoms with Gasteiger partial charge in [-0.3, -0.25) is 0 Å². The molecule has 0 aliphatic heterocycles. The van der Waals surface area contributed by atoms with E-state index in [1.54, 1.807) is 0 Å². The van der Waals surface area contributed by atoms with Gasteiger partial charge in [-0.25, -0.2) is 0 Å². The van der Waals surface area contributed by atoms with Crippen molar-refractivity contribution in [3.63, 3.8) is 0 Å². The summed E-state index contributed by atoms with van der Waals surface area (Å²) in [7, 11) is 0. The largest absolute Gasteiger partial charge is 0.310 e. The molecule has 0 saturated heterocycles. The van der Waals surface area contributed by atoms with Crippen molar-refractivity contribution in [3.05, 3.63) is 261 Å². The Morgan fingerprint density at radius 3 is 1.23 bits per heavy atom. The standard InChI is InChI=1S/C64H43NS/c1-3-12-44(13-4-1)55-40-56(45-14-5-2-6-15-45)42-57(41-55)50-30-34-59(35-31-50)65(60-36-37-62-61-20-9-10-21-63(61)66-64(62)43-60)58-32-28-48(29-33-58)47-22-24-49(25-23-47)52-18-11-19-53(38-52)54-27-26-46-16-7-8-17-51(46)39-54/h1-43H. The summed E-state index contributed by atoms with van der Waals surface area (Å²) in [6.07, 6.45) is 0. The van der Waals surface area contributed by atoms with Gasteiger partial charge < -0.3 is 4.90 Å². The van der Waals surface area contributed by atoms with Gasteiger partial charge in [0, 0.05) is 37.2 Å². The van der Waals surface area contributed by atoms with Crippen LogP contribution in [0.2, 0.25) is 0 Å². The van der Waals surface area contributed by atoms with Crippen molar-refractivity contribution in [2.45, 2.75) is 0 Å². The van der Waals surface area contributed by atoms with Crippen LogP contribution in [0.3, 0.4) is 0 Å². The van der Waals surface area contributed by atoms with E-state index in [1.807, 2.05) is 11.3 Å². The molecule has 12 aromatic rings. The van der Waals surface area contributed by atoms with Crippen molar-refractivity contribution in [1.29, 1.82) is 0 Å². The Hall–Kier alpha value is -8.30. The van der Waals surface area contributed by atoms with Crippen LogP contribution in [-0.2, 0) is 0 Å². The molecule has 0 aliphatic carbocycles. The zero-order valence-electron chi connectivity index (χ0n) is 36.2. The average molecular weight is 858 g/mol. The third-order valence-electron chi connectivity index (χ3n) is 12.8. The van der Waals surface area contributed by atoms with Crippen LogP contribution in [0.25, 0.3) is 97.7 Å². The molecule has 0 amide bonds. The Kier molecular flexibility index (Phi) is 10.1. The fourth-order valence-electron chi connectivity index (χ4n) is 9.40. The van der Waals surface area contributed by atoms with E-state index in [-0.39, 0.29) is 0 Å². The molecule has 310 valence electrons. The topological polar surface area (TPSA) is 3.24 Å². The molecule has 0 aliphatic rings. The molecule has 0 fully saturated rings. The summed E-state index contributed by atoms with van der Waals surface area (Å²) >= 11 is 1.85. The van der Waals surface area contributed by atoms with Crippen molar-refractivity contribution in [2.24, 2.45) is 0 Å². The lowest BCUT2D eigenvalue weighted by molar-refractivity contribution is 1.29. The monoisotopic (exact) mass is 857 g/mol. The van der Waals surface area contributed by atoms with Gasteiger partial charge in [0.05, 0.1) is 0 Å². The molecule has 66 heavy (non-hydrogen) atoms. The van der Waals surface area contributed by atoms with Crippen LogP contribution in [-0.4, -0.2) is 0 Å². The maximum absolute atomic E-state index is 2.39. The third-order valence-corrected chi connectivity index (χ3v) is 14.0. The summed E-state index contributed by atoms with van der Waals surface area (Å²) in [5, 5.41) is 5.12. The number of anilines is 3. The van der Waals surface area contributed by atoms with E-state index in [0.29, 0.717) is 0 Å². The molecule has 1 aromatic heterocycles. The van der Waals surface area contributed by atoms with E-state index in [0.717, 1.165) is 17.1 Å². The second kappa shape index (κ2) is 17.0. The van der Waals surface area contributed by atoms with Crippen LogP contribution < -0.4 is 4.90 Å². The van der Waals surface area contributed by atoms with E-state index in [2.05, 4.69) is 266 Å². The van der Waals surface area contributed by atoms with E-state index in [4.69, 9.17) is 0 Å². The minimum absolute atomic E-state index is 1.10. The predicted octanol–water partition coefficient (Wildman–Crippen LogP) is 18.7. The maximum Gasteiger partial charge on any atom is 0.0476 e. The van der Waals surface area contributed by atoms with Gasteiger partial charge in [0.25, 0.3) is 0 Å². The highest BCUT2D eigenvalue weighted by Crippen LogP contribution is 2.42. The first kappa shape index (κ1) is 39.3. The van der Waals surface area contributed by atoms with Gasteiger partial charge in [-0.2, -0.15) is 0 Å². The Morgan fingerprint density at radius 2 is 0.606 bits per heavy atom. The predicted molar refractivity (Wildman–Crippen MR) is 284 cm³/mol. The number of rotatable bonds is 9. The molecule has 1 nitrogen and oxygen atoms in total. The molecule has 2 heteroatoms. The van der Waals surface area contributed by atoms with Crippen LogP contribution >= 0.6 is 11.3 Å². The number of hydrogen-bond donors (Lipinski definition) is 0. The number of nitrogens with zero attached hydrogens (tertiary/aromatic N) is 1. The SMILES string of the molecule is c1ccc(-c2cc(-c3ccccc3)cc(-c3ccc(N(c4ccc(-c5ccc(-c6cccc(-c7ccc8ccccc8c7)c6)cc5)cc4)c4ccc5c(c4)sc4ccccc45)cc3)c2)cc1. The van der Waals surface area contributed by atoms with Crippen LogP contribution in [0, 0.1) is 0 Å². The molecule has 0 saturated carbocycles. The zero-order valence-corrected chi connectivity index (χ0v) is 37.0. The van der Waals surface area contributed by atoms with Crippen molar-refractivity contribution >= 4 is 59.3 Å². The van der Waals surface area contributed by atoms with E-state index in [9.17, 15) is 0 Å². The minimum atomic E-state index is 1.10. The maximum atomic E-state index is 2.39. The molecule has 1 heterocycles. The summed E-state index contributed by atoms with van der Waals surface area (Å²) in [6, 6.07) is 95.2. The lowest BCUT2D eigenvalue weighted by atomic mass is 9.93. The first-order chi connectivity index (χ1) is 32.7. The molecule has 0 atom stereocenters. The average Bonchev–Trinajstić information content (AvgIpc) is 3.77. The third kappa shape index (κ3) is 7.64. The molecule has 0 bridgehead atoms. The molecular formula is C64H43NS. The molecule has 0 N–H and O–H groups in total. The molecule has 12 rings (SSSR count). The smallest absolute Gasteiger partial charge is 0.0476 e. The fourth-order valence-corrected chi connectivity index (χ4v) is 10.5. The molecule has 11 aromatic carbocycles. The van der Waals surface area contributed by atoms with Gasteiger partial charge in [0.1, 0.15) is 0 Å².